The van der Waals surface area contributed by atoms with Gasteiger partial charge in [0.2, 0.25) is 11.8 Å². The first kappa shape index (κ1) is 18.8. The molecule has 0 aliphatic rings. The molecule has 0 atom stereocenters. The van der Waals surface area contributed by atoms with Crippen molar-refractivity contribution in [3.63, 3.8) is 0 Å². The number of methoxy groups -OCH3 is 1. The normalized spacial score (nSPS) is 10.2. The lowest BCUT2D eigenvalue weighted by atomic mass is 10.1. The van der Waals surface area contributed by atoms with E-state index in [1.54, 1.807) is 31.4 Å². The molecular weight excluding hydrogens is 340 g/mol. The number of anilines is 1. The zero-order chi connectivity index (χ0) is 18.2. The molecule has 1 N–H and O–H groups in total. The molecule has 0 aliphatic carbocycles. The predicted octanol–water partition coefficient (Wildman–Crippen LogP) is 3.06. The first-order valence-corrected chi connectivity index (χ1v) is 8.30. The lowest BCUT2D eigenvalue weighted by Gasteiger charge is -2.21. The maximum absolute atomic E-state index is 12.1. The van der Waals surface area contributed by atoms with Gasteiger partial charge in [-0.2, -0.15) is 0 Å². The van der Waals surface area contributed by atoms with E-state index in [0.29, 0.717) is 23.7 Å². The molecular formula is C19H21ClN2O3. The number of carbonyl (C=O) groups is 2. The number of amides is 2. The highest BCUT2D eigenvalue weighted by Gasteiger charge is 2.15. The van der Waals surface area contributed by atoms with Gasteiger partial charge in [-0.25, -0.2) is 0 Å². The van der Waals surface area contributed by atoms with E-state index in [9.17, 15) is 9.59 Å². The average molecular weight is 361 g/mol. The minimum absolute atomic E-state index is 0.0434. The Morgan fingerprint density at radius 1 is 1.16 bits per heavy atom. The molecule has 5 nitrogen and oxygen atoms in total. The van der Waals surface area contributed by atoms with Crippen molar-refractivity contribution in [2.75, 3.05) is 25.1 Å². The molecule has 6 heteroatoms. The molecule has 2 aromatic carbocycles. The van der Waals surface area contributed by atoms with E-state index in [2.05, 4.69) is 5.32 Å². The molecule has 0 saturated heterocycles. The standard InChI is InChI=1S/C19H21ClN2O3/c1-14(23)22(17-5-3-4-16(20)12-17)13-19(24)21-11-10-15-6-8-18(25-2)9-7-15/h3-9,12H,10-11,13H2,1-2H3,(H,21,24). The summed E-state index contributed by atoms with van der Waals surface area (Å²) in [5, 5.41) is 3.35. The van der Waals surface area contributed by atoms with Gasteiger partial charge in [-0.1, -0.05) is 29.8 Å². The summed E-state index contributed by atoms with van der Waals surface area (Å²) in [6, 6.07) is 14.6. The van der Waals surface area contributed by atoms with Crippen molar-refractivity contribution in [2.45, 2.75) is 13.3 Å². The van der Waals surface area contributed by atoms with Crippen molar-refractivity contribution in [3.8, 4) is 5.75 Å². The smallest absolute Gasteiger partial charge is 0.240 e. The second-order valence-electron chi connectivity index (χ2n) is 5.53. The van der Waals surface area contributed by atoms with Gasteiger partial charge in [-0.15, -0.1) is 0 Å². The van der Waals surface area contributed by atoms with Crippen LogP contribution < -0.4 is 15.0 Å². The van der Waals surface area contributed by atoms with Gasteiger partial charge >= 0.3 is 0 Å². The Kier molecular flexibility index (Phi) is 6.83. The summed E-state index contributed by atoms with van der Waals surface area (Å²) in [6.45, 7) is 1.87. The maximum Gasteiger partial charge on any atom is 0.240 e. The minimum Gasteiger partial charge on any atom is -0.497 e. The van der Waals surface area contributed by atoms with Crippen LogP contribution in [0.3, 0.4) is 0 Å². The fraction of sp³-hybridized carbons (Fsp3) is 0.263. The number of nitrogens with zero attached hydrogens (tertiary/aromatic N) is 1. The SMILES string of the molecule is COc1ccc(CCNC(=O)CN(C(C)=O)c2cccc(Cl)c2)cc1. The molecule has 0 saturated carbocycles. The van der Waals surface area contributed by atoms with Crippen molar-refractivity contribution < 1.29 is 14.3 Å². The molecule has 25 heavy (non-hydrogen) atoms. The van der Waals surface area contributed by atoms with E-state index >= 15 is 0 Å². The second-order valence-corrected chi connectivity index (χ2v) is 5.97. The zero-order valence-electron chi connectivity index (χ0n) is 14.3. The summed E-state index contributed by atoms with van der Waals surface area (Å²) in [5.74, 6) is 0.364. The molecule has 2 rings (SSSR count). The zero-order valence-corrected chi connectivity index (χ0v) is 15.0. The van der Waals surface area contributed by atoms with E-state index in [4.69, 9.17) is 16.3 Å². The van der Waals surface area contributed by atoms with Gasteiger partial charge in [0.1, 0.15) is 12.3 Å². The van der Waals surface area contributed by atoms with Crippen LogP contribution in [0, 0.1) is 0 Å². The second kappa shape index (κ2) is 9.08. The van der Waals surface area contributed by atoms with Crippen LogP contribution in [-0.2, 0) is 16.0 Å². The molecule has 2 amide bonds. The molecule has 132 valence electrons. The Balaban J connectivity index is 1.87. The van der Waals surface area contributed by atoms with Crippen LogP contribution in [0.4, 0.5) is 5.69 Å². The monoisotopic (exact) mass is 360 g/mol. The van der Waals surface area contributed by atoms with Gasteiger partial charge in [0.25, 0.3) is 0 Å². The van der Waals surface area contributed by atoms with Crippen molar-refractivity contribution >= 4 is 29.1 Å². The van der Waals surface area contributed by atoms with Gasteiger partial charge < -0.3 is 15.0 Å². The molecule has 0 heterocycles. The van der Waals surface area contributed by atoms with E-state index in [-0.39, 0.29) is 18.4 Å². The summed E-state index contributed by atoms with van der Waals surface area (Å²) in [6.07, 6.45) is 0.701. The molecule has 2 aromatic rings. The lowest BCUT2D eigenvalue weighted by molar-refractivity contribution is -0.123. The number of rotatable bonds is 7. The maximum atomic E-state index is 12.1. The largest absolute Gasteiger partial charge is 0.497 e. The Labute approximate surface area is 152 Å². The summed E-state index contributed by atoms with van der Waals surface area (Å²) >= 11 is 5.96. The van der Waals surface area contributed by atoms with E-state index < -0.39 is 0 Å². The van der Waals surface area contributed by atoms with Crippen LogP contribution in [0.2, 0.25) is 5.02 Å². The van der Waals surface area contributed by atoms with Crippen molar-refractivity contribution in [1.29, 1.82) is 0 Å². The summed E-state index contributed by atoms with van der Waals surface area (Å²) in [5.41, 5.74) is 1.70. The van der Waals surface area contributed by atoms with Gasteiger partial charge in [0, 0.05) is 24.2 Å². The first-order valence-electron chi connectivity index (χ1n) is 7.93. The number of ether oxygens (including phenoxy) is 1. The third-order valence-electron chi connectivity index (χ3n) is 3.70. The average Bonchev–Trinajstić information content (AvgIpc) is 2.60. The van der Waals surface area contributed by atoms with Gasteiger partial charge in [0.15, 0.2) is 0 Å². The number of halogens is 1. The summed E-state index contributed by atoms with van der Waals surface area (Å²) < 4.78 is 5.11. The molecule has 0 aromatic heterocycles. The number of hydrogen-bond donors (Lipinski definition) is 1. The topological polar surface area (TPSA) is 58.6 Å². The molecule has 0 radical (unpaired) electrons. The van der Waals surface area contributed by atoms with Gasteiger partial charge in [-0.05, 0) is 42.3 Å². The molecule has 0 spiro atoms. The molecule has 0 aliphatic heterocycles. The fourth-order valence-corrected chi connectivity index (χ4v) is 2.55. The Morgan fingerprint density at radius 2 is 1.88 bits per heavy atom. The molecule has 0 bridgehead atoms. The van der Waals surface area contributed by atoms with Crippen LogP contribution in [0.5, 0.6) is 5.75 Å². The Bertz CT molecular complexity index is 732. The lowest BCUT2D eigenvalue weighted by Crippen LogP contribution is -2.40. The minimum atomic E-state index is -0.219. The number of benzene rings is 2. The Morgan fingerprint density at radius 3 is 2.48 bits per heavy atom. The fourth-order valence-electron chi connectivity index (χ4n) is 2.37. The van der Waals surface area contributed by atoms with Crippen LogP contribution in [0.25, 0.3) is 0 Å². The van der Waals surface area contributed by atoms with Crippen LogP contribution in [-0.4, -0.2) is 32.0 Å². The summed E-state index contributed by atoms with van der Waals surface area (Å²) in [4.78, 5) is 25.4. The highest BCUT2D eigenvalue weighted by atomic mass is 35.5. The first-order chi connectivity index (χ1) is 12.0. The van der Waals surface area contributed by atoms with Gasteiger partial charge in [-0.3, -0.25) is 9.59 Å². The third kappa shape index (κ3) is 5.80. The van der Waals surface area contributed by atoms with E-state index in [0.717, 1.165) is 11.3 Å². The summed E-state index contributed by atoms with van der Waals surface area (Å²) in [7, 11) is 1.62. The molecule has 0 fully saturated rings. The highest BCUT2D eigenvalue weighted by molar-refractivity contribution is 6.30. The van der Waals surface area contributed by atoms with Crippen molar-refractivity contribution in [2.24, 2.45) is 0 Å². The van der Waals surface area contributed by atoms with E-state index in [1.807, 2.05) is 24.3 Å². The number of hydrogen-bond acceptors (Lipinski definition) is 3. The molecule has 0 unspecified atom stereocenters. The van der Waals surface area contributed by atoms with Crippen LogP contribution >= 0.6 is 11.6 Å². The van der Waals surface area contributed by atoms with Crippen molar-refractivity contribution in [1.82, 2.24) is 5.32 Å². The highest BCUT2D eigenvalue weighted by Crippen LogP contribution is 2.19. The quantitative estimate of drug-likeness (QED) is 0.825. The van der Waals surface area contributed by atoms with Crippen LogP contribution in [0.1, 0.15) is 12.5 Å². The van der Waals surface area contributed by atoms with E-state index in [1.165, 1.54) is 11.8 Å². The van der Waals surface area contributed by atoms with Crippen LogP contribution in [0.15, 0.2) is 48.5 Å². The third-order valence-corrected chi connectivity index (χ3v) is 3.93. The van der Waals surface area contributed by atoms with Gasteiger partial charge in [0.05, 0.1) is 7.11 Å². The van der Waals surface area contributed by atoms with Crippen molar-refractivity contribution in [3.05, 3.63) is 59.1 Å². The number of nitrogens with one attached hydrogen (secondary N) is 1. The predicted molar refractivity (Wildman–Crippen MR) is 99.2 cm³/mol. The number of carbonyl (C=O) groups excluding carboxylic acids is 2. The Hall–Kier alpha value is -2.53.